The van der Waals surface area contributed by atoms with E-state index in [1.807, 2.05) is 35.1 Å². The van der Waals surface area contributed by atoms with Gasteiger partial charge in [-0.15, -0.1) is 0 Å². The van der Waals surface area contributed by atoms with Crippen LogP contribution in [0, 0.1) is 0 Å². The van der Waals surface area contributed by atoms with E-state index in [1.165, 1.54) is 0 Å². The van der Waals surface area contributed by atoms with Crippen molar-refractivity contribution in [2.75, 3.05) is 17.7 Å². The van der Waals surface area contributed by atoms with Crippen LogP contribution in [0.25, 0.3) is 0 Å². The molecule has 2 heterocycles. The zero-order chi connectivity index (χ0) is 17.6. The van der Waals surface area contributed by atoms with Crippen molar-refractivity contribution in [2.24, 2.45) is 0 Å². The number of benzene rings is 1. The molecular weight excluding hydrogens is 360 g/mol. The van der Waals surface area contributed by atoms with E-state index in [-0.39, 0.29) is 0 Å². The van der Waals surface area contributed by atoms with Crippen molar-refractivity contribution in [1.29, 1.82) is 0 Å². The smallest absolute Gasteiger partial charge is 0.175 e. The van der Waals surface area contributed by atoms with Gasteiger partial charge in [0, 0.05) is 18.3 Å². The maximum absolute atomic E-state index is 6.00. The van der Waals surface area contributed by atoms with E-state index >= 15 is 0 Å². The molecule has 9 heteroatoms. The molecule has 0 unspecified atom stereocenters. The first kappa shape index (κ1) is 17.4. The fourth-order valence-electron chi connectivity index (χ4n) is 2.26. The quantitative estimate of drug-likeness (QED) is 0.644. The molecule has 0 radical (unpaired) electrons. The molecule has 0 amide bonds. The molecule has 0 spiro atoms. The van der Waals surface area contributed by atoms with Gasteiger partial charge in [-0.2, -0.15) is 10.2 Å². The summed E-state index contributed by atoms with van der Waals surface area (Å²) in [6, 6.07) is 7.69. The number of hydrogen-bond acceptors (Lipinski definition) is 4. The van der Waals surface area contributed by atoms with Crippen LogP contribution in [0.3, 0.4) is 0 Å². The number of hydrogen-bond donors (Lipinski definition) is 2. The molecule has 3 aromatic rings. The number of anilines is 2. The number of methoxy groups -OCH3 is 1. The minimum atomic E-state index is 0.387. The van der Waals surface area contributed by atoms with Crippen molar-refractivity contribution in [3.63, 3.8) is 0 Å². The van der Waals surface area contributed by atoms with Gasteiger partial charge in [-0.3, -0.25) is 4.68 Å². The SMILES string of the molecule is COCn1cc(NC(=S)Nc2cnn(Cc3cccc(Cl)c3)c2)cn1. The van der Waals surface area contributed by atoms with Gasteiger partial charge < -0.3 is 15.4 Å². The van der Waals surface area contributed by atoms with Crippen molar-refractivity contribution in [3.8, 4) is 0 Å². The van der Waals surface area contributed by atoms with Crippen LogP contribution in [0.15, 0.2) is 49.1 Å². The summed E-state index contributed by atoms with van der Waals surface area (Å²) in [5.74, 6) is 0. The number of nitrogens with zero attached hydrogens (tertiary/aromatic N) is 4. The van der Waals surface area contributed by atoms with Crippen molar-refractivity contribution >= 4 is 40.3 Å². The predicted octanol–water partition coefficient (Wildman–Crippen LogP) is 3.19. The van der Waals surface area contributed by atoms with Crippen LogP contribution in [0.1, 0.15) is 5.56 Å². The number of nitrogens with one attached hydrogen (secondary N) is 2. The summed E-state index contributed by atoms with van der Waals surface area (Å²) in [6.45, 7) is 1.02. The van der Waals surface area contributed by atoms with Crippen LogP contribution < -0.4 is 10.6 Å². The van der Waals surface area contributed by atoms with E-state index in [9.17, 15) is 0 Å². The molecular formula is C16H17ClN6OS. The molecule has 0 aliphatic carbocycles. The van der Waals surface area contributed by atoms with E-state index in [0.29, 0.717) is 23.4 Å². The number of halogens is 1. The third-order valence-corrected chi connectivity index (χ3v) is 3.72. The summed E-state index contributed by atoms with van der Waals surface area (Å²) in [4.78, 5) is 0. The Bertz CT molecular complexity index is 862. The Morgan fingerprint density at radius 3 is 2.52 bits per heavy atom. The van der Waals surface area contributed by atoms with Gasteiger partial charge >= 0.3 is 0 Å². The van der Waals surface area contributed by atoms with Crippen LogP contribution in [0.2, 0.25) is 5.02 Å². The fourth-order valence-corrected chi connectivity index (χ4v) is 2.71. The molecule has 0 aliphatic rings. The molecule has 0 saturated carbocycles. The Balaban J connectivity index is 1.56. The van der Waals surface area contributed by atoms with Gasteiger partial charge in [-0.25, -0.2) is 4.68 Å². The zero-order valence-corrected chi connectivity index (χ0v) is 15.1. The van der Waals surface area contributed by atoms with Gasteiger partial charge in [0.15, 0.2) is 5.11 Å². The van der Waals surface area contributed by atoms with Gasteiger partial charge in [0.25, 0.3) is 0 Å². The third-order valence-electron chi connectivity index (χ3n) is 3.28. The molecule has 0 saturated heterocycles. The molecule has 2 N–H and O–H groups in total. The van der Waals surface area contributed by atoms with Crippen LogP contribution >= 0.6 is 23.8 Å². The number of rotatable bonds is 6. The molecule has 0 atom stereocenters. The van der Waals surface area contributed by atoms with Crippen LogP contribution in [0.4, 0.5) is 11.4 Å². The largest absolute Gasteiger partial charge is 0.362 e. The molecule has 1 aromatic carbocycles. The highest BCUT2D eigenvalue weighted by molar-refractivity contribution is 7.80. The third kappa shape index (κ3) is 5.02. The lowest BCUT2D eigenvalue weighted by Gasteiger charge is -2.06. The number of thiocarbonyl (C=S) groups is 1. The summed E-state index contributed by atoms with van der Waals surface area (Å²) >= 11 is 11.3. The summed E-state index contributed by atoms with van der Waals surface area (Å²) < 4.78 is 8.48. The molecule has 0 fully saturated rings. The van der Waals surface area contributed by atoms with Gasteiger partial charge in [-0.05, 0) is 29.9 Å². The standard InChI is InChI=1S/C16H17ClN6OS/c1-24-11-23-10-15(7-19-23)21-16(25)20-14-6-18-22(9-14)8-12-3-2-4-13(17)5-12/h2-7,9-10H,8,11H2,1H3,(H2,20,21,25). The van der Waals surface area contributed by atoms with Crippen molar-refractivity contribution < 1.29 is 4.74 Å². The van der Waals surface area contributed by atoms with Gasteiger partial charge in [0.05, 0.1) is 36.5 Å². The van der Waals surface area contributed by atoms with E-state index in [1.54, 1.807) is 30.4 Å². The zero-order valence-electron chi connectivity index (χ0n) is 13.5. The minimum absolute atomic E-state index is 0.387. The lowest BCUT2D eigenvalue weighted by molar-refractivity contribution is 0.120. The molecule has 0 aliphatic heterocycles. The molecule has 130 valence electrons. The lowest BCUT2D eigenvalue weighted by Crippen LogP contribution is -2.18. The normalized spacial score (nSPS) is 10.6. The first-order valence-electron chi connectivity index (χ1n) is 7.48. The highest BCUT2D eigenvalue weighted by Gasteiger charge is 2.05. The lowest BCUT2D eigenvalue weighted by atomic mass is 10.2. The van der Waals surface area contributed by atoms with Crippen molar-refractivity contribution in [2.45, 2.75) is 13.3 Å². The second kappa shape index (κ2) is 8.11. The highest BCUT2D eigenvalue weighted by atomic mass is 35.5. The topological polar surface area (TPSA) is 68.9 Å². The Hall–Kier alpha value is -2.42. The maximum Gasteiger partial charge on any atom is 0.175 e. The monoisotopic (exact) mass is 376 g/mol. The Labute approximate surface area is 155 Å². The Morgan fingerprint density at radius 2 is 1.84 bits per heavy atom. The molecule has 7 nitrogen and oxygen atoms in total. The molecule has 2 aromatic heterocycles. The molecule has 25 heavy (non-hydrogen) atoms. The summed E-state index contributed by atoms with van der Waals surface area (Å²) in [5, 5.41) is 15.8. The van der Waals surface area contributed by atoms with E-state index in [2.05, 4.69) is 20.8 Å². The molecule has 3 rings (SSSR count). The summed E-state index contributed by atoms with van der Waals surface area (Å²) in [7, 11) is 1.61. The average molecular weight is 377 g/mol. The fraction of sp³-hybridized carbons (Fsp3) is 0.188. The first-order chi connectivity index (χ1) is 12.1. The Kier molecular flexibility index (Phi) is 5.64. The van der Waals surface area contributed by atoms with Gasteiger partial charge in [0.2, 0.25) is 0 Å². The van der Waals surface area contributed by atoms with E-state index < -0.39 is 0 Å². The maximum atomic E-state index is 6.00. The van der Waals surface area contributed by atoms with E-state index in [0.717, 1.165) is 16.9 Å². The first-order valence-corrected chi connectivity index (χ1v) is 8.27. The van der Waals surface area contributed by atoms with Gasteiger partial charge in [0.1, 0.15) is 6.73 Å². The Morgan fingerprint density at radius 1 is 1.16 bits per heavy atom. The van der Waals surface area contributed by atoms with Crippen LogP contribution in [-0.4, -0.2) is 31.8 Å². The summed E-state index contributed by atoms with van der Waals surface area (Å²) in [6.07, 6.45) is 7.08. The average Bonchev–Trinajstić information content (AvgIpc) is 3.17. The van der Waals surface area contributed by atoms with Crippen molar-refractivity contribution in [1.82, 2.24) is 19.6 Å². The highest BCUT2D eigenvalue weighted by Crippen LogP contribution is 2.13. The number of aromatic nitrogens is 4. The second-order valence-corrected chi connectivity index (χ2v) is 6.17. The number of ether oxygens (including phenoxy) is 1. The molecule has 0 bridgehead atoms. The van der Waals surface area contributed by atoms with Crippen LogP contribution in [-0.2, 0) is 18.0 Å². The van der Waals surface area contributed by atoms with Crippen LogP contribution in [0.5, 0.6) is 0 Å². The second-order valence-electron chi connectivity index (χ2n) is 5.32. The van der Waals surface area contributed by atoms with E-state index in [4.69, 9.17) is 28.6 Å². The van der Waals surface area contributed by atoms with Gasteiger partial charge in [-0.1, -0.05) is 23.7 Å². The summed E-state index contributed by atoms with van der Waals surface area (Å²) in [5.41, 5.74) is 2.65. The predicted molar refractivity (Wildman–Crippen MR) is 102 cm³/mol. The minimum Gasteiger partial charge on any atom is -0.362 e. The van der Waals surface area contributed by atoms with Crippen molar-refractivity contribution in [3.05, 3.63) is 59.6 Å².